The molecular weight excluding hydrogens is 318 g/mol. The number of aliphatic imine (C=N–C) groups is 2. The van der Waals surface area contributed by atoms with E-state index in [1.54, 1.807) is 0 Å². The Bertz CT molecular complexity index is 319. The van der Waals surface area contributed by atoms with Gasteiger partial charge in [0.2, 0.25) is 0 Å². The van der Waals surface area contributed by atoms with E-state index >= 15 is 0 Å². The normalized spacial score (nSPS) is 8.57. The molecular formula is C15H25N3S3. The molecule has 0 N–H and O–H groups in total. The van der Waals surface area contributed by atoms with Crippen LogP contribution in [0.5, 0.6) is 0 Å². The van der Waals surface area contributed by atoms with Crippen LogP contribution >= 0.6 is 36.2 Å². The lowest BCUT2D eigenvalue weighted by molar-refractivity contribution is 0.656. The van der Waals surface area contributed by atoms with E-state index in [0.29, 0.717) is 0 Å². The monoisotopic (exact) mass is 343 g/mol. The van der Waals surface area contributed by atoms with Crippen molar-refractivity contribution in [1.82, 2.24) is 0 Å². The molecule has 0 aliphatic carbocycles. The van der Waals surface area contributed by atoms with Crippen molar-refractivity contribution < 1.29 is 0 Å². The minimum Gasteiger partial charge on any atom is -0.233 e. The van der Waals surface area contributed by atoms with Crippen molar-refractivity contribution in [2.24, 2.45) is 9.98 Å². The van der Waals surface area contributed by atoms with Crippen LogP contribution in [0.3, 0.4) is 0 Å². The number of isothiocyanates is 2. The van der Waals surface area contributed by atoms with Gasteiger partial charge in [-0.2, -0.15) is 5.26 Å². The molecule has 118 valence electrons. The molecule has 0 aromatic heterocycles. The van der Waals surface area contributed by atoms with E-state index in [0.717, 1.165) is 31.7 Å². The number of hydrogen-bond acceptors (Lipinski definition) is 6. The second-order valence-electron chi connectivity index (χ2n) is 4.36. The van der Waals surface area contributed by atoms with E-state index in [-0.39, 0.29) is 0 Å². The fourth-order valence-corrected chi connectivity index (χ4v) is 2.10. The number of hydrogen-bond donors (Lipinski definition) is 0. The van der Waals surface area contributed by atoms with Gasteiger partial charge in [0.05, 0.1) is 10.3 Å². The third-order valence-corrected chi connectivity index (χ3v) is 3.46. The van der Waals surface area contributed by atoms with Crippen molar-refractivity contribution in [2.75, 3.05) is 18.8 Å². The van der Waals surface area contributed by atoms with Gasteiger partial charge < -0.3 is 0 Å². The van der Waals surface area contributed by atoms with Crippen LogP contribution in [0.15, 0.2) is 9.98 Å². The molecule has 21 heavy (non-hydrogen) atoms. The summed E-state index contributed by atoms with van der Waals surface area (Å²) in [5.74, 6) is 1.01. The number of thiocyanates is 1. The van der Waals surface area contributed by atoms with Gasteiger partial charge in [0, 0.05) is 18.8 Å². The Balaban J connectivity index is 0. The molecule has 0 amide bonds. The highest BCUT2D eigenvalue weighted by atomic mass is 32.2. The maximum atomic E-state index is 8.14. The Morgan fingerprint density at radius 1 is 0.857 bits per heavy atom. The van der Waals surface area contributed by atoms with Gasteiger partial charge in [0.1, 0.15) is 5.40 Å². The lowest BCUT2D eigenvalue weighted by Crippen LogP contribution is -1.84. The van der Waals surface area contributed by atoms with Crippen LogP contribution in [0.25, 0.3) is 0 Å². The zero-order chi connectivity index (χ0) is 16.0. The van der Waals surface area contributed by atoms with Crippen molar-refractivity contribution in [3.63, 3.8) is 0 Å². The number of thioether (sulfide) groups is 1. The molecule has 0 aromatic rings. The topological polar surface area (TPSA) is 48.5 Å². The predicted molar refractivity (Wildman–Crippen MR) is 100 cm³/mol. The molecule has 0 radical (unpaired) electrons. The molecule has 0 saturated heterocycles. The molecule has 0 fully saturated rings. The van der Waals surface area contributed by atoms with Crippen LogP contribution in [0, 0.1) is 10.7 Å². The molecule has 0 saturated carbocycles. The number of nitriles is 1. The first-order valence-corrected chi connectivity index (χ1v) is 9.21. The van der Waals surface area contributed by atoms with Crippen molar-refractivity contribution in [3.8, 4) is 5.40 Å². The summed E-state index contributed by atoms with van der Waals surface area (Å²) in [6, 6.07) is 0. The van der Waals surface area contributed by atoms with E-state index in [4.69, 9.17) is 5.26 Å². The fraction of sp³-hybridized carbons (Fsp3) is 0.800. The molecule has 3 nitrogen and oxygen atoms in total. The lowest BCUT2D eigenvalue weighted by Gasteiger charge is -1.94. The highest BCUT2D eigenvalue weighted by Crippen LogP contribution is 2.05. The van der Waals surface area contributed by atoms with Gasteiger partial charge in [-0.1, -0.05) is 39.0 Å². The summed E-state index contributed by atoms with van der Waals surface area (Å²) in [7, 11) is 0. The summed E-state index contributed by atoms with van der Waals surface area (Å²) < 4.78 is 0. The molecule has 0 aliphatic heterocycles. The molecule has 0 rings (SSSR count). The van der Waals surface area contributed by atoms with Crippen LogP contribution in [-0.4, -0.2) is 29.2 Å². The summed E-state index contributed by atoms with van der Waals surface area (Å²) in [5.41, 5.74) is 0. The van der Waals surface area contributed by atoms with Gasteiger partial charge in [-0.25, -0.2) is 9.98 Å². The molecule has 0 heterocycles. The largest absolute Gasteiger partial charge is 0.233 e. The SMILES string of the molecule is CCCCCCSC#N.S=C=NCCCCCCN=C=S. The van der Waals surface area contributed by atoms with Crippen LogP contribution in [0.1, 0.15) is 58.3 Å². The first kappa shape index (κ1) is 22.7. The van der Waals surface area contributed by atoms with E-state index in [2.05, 4.69) is 57.1 Å². The first-order chi connectivity index (χ1) is 10.3. The quantitative estimate of drug-likeness (QED) is 0.202. The van der Waals surface area contributed by atoms with Crippen molar-refractivity contribution in [3.05, 3.63) is 0 Å². The van der Waals surface area contributed by atoms with Gasteiger partial charge in [-0.15, -0.1) is 0 Å². The smallest absolute Gasteiger partial charge is 0.133 e. The third kappa shape index (κ3) is 28.4. The van der Waals surface area contributed by atoms with Crippen molar-refractivity contribution >= 4 is 46.5 Å². The Labute approximate surface area is 144 Å². The zero-order valence-corrected chi connectivity index (χ0v) is 15.3. The molecule has 0 bridgehead atoms. The second kappa shape index (κ2) is 24.5. The second-order valence-corrected chi connectivity index (χ2v) is 5.61. The molecule has 0 atom stereocenters. The Kier molecular flexibility index (Phi) is 26.5. The minimum absolute atomic E-state index is 0.805. The highest BCUT2D eigenvalue weighted by Gasteiger charge is 1.87. The highest BCUT2D eigenvalue weighted by molar-refractivity contribution is 8.03. The molecule has 6 heteroatoms. The van der Waals surface area contributed by atoms with Crippen LogP contribution in [-0.2, 0) is 0 Å². The van der Waals surface area contributed by atoms with Crippen LogP contribution < -0.4 is 0 Å². The number of thiocarbonyl (C=S) groups is 2. The van der Waals surface area contributed by atoms with E-state index in [1.807, 2.05) is 0 Å². The first-order valence-electron chi connectivity index (χ1n) is 7.41. The molecule has 0 spiro atoms. The van der Waals surface area contributed by atoms with Crippen LogP contribution in [0.2, 0.25) is 0 Å². The summed E-state index contributed by atoms with van der Waals surface area (Å²) in [5, 5.41) is 14.9. The number of rotatable bonds is 12. The number of nitrogens with zero attached hydrogens (tertiary/aromatic N) is 3. The standard InChI is InChI=1S/C8H12N2S2.C7H13NS/c11-7-9-5-3-1-2-4-6-10-8-12;1-2-3-4-5-6-9-7-8/h1-6H2;2-6H2,1H3. The molecule has 0 unspecified atom stereocenters. The van der Waals surface area contributed by atoms with Gasteiger partial charge in [0.25, 0.3) is 0 Å². The lowest BCUT2D eigenvalue weighted by atomic mass is 10.2. The Morgan fingerprint density at radius 3 is 1.81 bits per heavy atom. The van der Waals surface area contributed by atoms with Gasteiger partial charge in [-0.3, -0.25) is 0 Å². The van der Waals surface area contributed by atoms with Gasteiger partial charge >= 0.3 is 0 Å². The summed E-state index contributed by atoms with van der Waals surface area (Å²) >= 11 is 10.2. The zero-order valence-electron chi connectivity index (χ0n) is 12.8. The number of unbranched alkanes of at least 4 members (excludes halogenated alkanes) is 6. The van der Waals surface area contributed by atoms with E-state index < -0.39 is 0 Å². The maximum Gasteiger partial charge on any atom is 0.133 e. The maximum absolute atomic E-state index is 8.14. The minimum atomic E-state index is 0.805. The summed E-state index contributed by atoms with van der Waals surface area (Å²) in [6.07, 6.45) is 9.59. The third-order valence-electron chi connectivity index (χ3n) is 2.58. The Hall–Kier alpha value is -0.560. The fourth-order valence-electron chi connectivity index (χ4n) is 1.47. The average Bonchev–Trinajstić information content (AvgIpc) is 2.51. The average molecular weight is 344 g/mol. The molecule has 0 aromatic carbocycles. The Morgan fingerprint density at radius 2 is 1.38 bits per heavy atom. The summed E-state index contributed by atoms with van der Waals surface area (Å²) in [4.78, 5) is 7.64. The van der Waals surface area contributed by atoms with E-state index in [9.17, 15) is 0 Å². The molecule has 0 aliphatic rings. The predicted octanol–water partition coefficient (Wildman–Crippen LogP) is 5.53. The van der Waals surface area contributed by atoms with Gasteiger partial charge in [-0.05, 0) is 55.5 Å². The van der Waals surface area contributed by atoms with Crippen molar-refractivity contribution in [2.45, 2.75) is 58.3 Å². The van der Waals surface area contributed by atoms with E-state index in [1.165, 1.54) is 50.3 Å². The van der Waals surface area contributed by atoms with Gasteiger partial charge in [0.15, 0.2) is 0 Å². The van der Waals surface area contributed by atoms with Crippen molar-refractivity contribution in [1.29, 1.82) is 5.26 Å². The van der Waals surface area contributed by atoms with Crippen LogP contribution in [0.4, 0.5) is 0 Å². The summed E-state index contributed by atoms with van der Waals surface area (Å²) in [6.45, 7) is 3.80.